The fourth-order valence-corrected chi connectivity index (χ4v) is 1.94. The monoisotopic (exact) mass is 235 g/mol. The van der Waals surface area contributed by atoms with E-state index in [1.54, 1.807) is 0 Å². The van der Waals surface area contributed by atoms with E-state index < -0.39 is 22.2 Å². The van der Waals surface area contributed by atoms with Crippen molar-refractivity contribution in [1.82, 2.24) is 0 Å². The fourth-order valence-electron chi connectivity index (χ4n) is 1.01. The number of sulfone groups is 1. The molecule has 0 spiro atoms. The summed E-state index contributed by atoms with van der Waals surface area (Å²) in [7, 11) is -3.64. The standard InChI is InChI=1S/C9H9F2O3S/c1-2-15(12,13)8-6-4-3-5-7(8)14-9(10)11/h3-6,9H,1-2H2. The summed E-state index contributed by atoms with van der Waals surface area (Å²) in [6.07, 6.45) is 0. The van der Waals surface area contributed by atoms with Crippen LogP contribution in [0.5, 0.6) is 5.75 Å². The van der Waals surface area contributed by atoms with E-state index in [2.05, 4.69) is 11.7 Å². The molecule has 0 amide bonds. The normalized spacial score (nSPS) is 11.7. The van der Waals surface area contributed by atoms with Crippen molar-refractivity contribution in [3.63, 3.8) is 0 Å². The third-order valence-corrected chi connectivity index (χ3v) is 3.21. The van der Waals surface area contributed by atoms with Gasteiger partial charge in [0.25, 0.3) is 0 Å². The maximum absolute atomic E-state index is 12.0. The number of hydrogen-bond donors (Lipinski definition) is 0. The average Bonchev–Trinajstić information content (AvgIpc) is 2.17. The first-order chi connectivity index (χ1) is 6.97. The van der Waals surface area contributed by atoms with E-state index in [1.165, 1.54) is 24.3 Å². The number of para-hydroxylation sites is 1. The number of alkyl halides is 2. The molecule has 0 saturated heterocycles. The van der Waals surface area contributed by atoms with Crippen LogP contribution in [0.25, 0.3) is 0 Å². The third-order valence-electron chi connectivity index (χ3n) is 1.67. The second-order valence-corrected chi connectivity index (χ2v) is 4.72. The molecule has 1 rings (SSSR count). The Morgan fingerprint density at radius 1 is 1.33 bits per heavy atom. The van der Waals surface area contributed by atoms with Gasteiger partial charge >= 0.3 is 6.61 Å². The van der Waals surface area contributed by atoms with Gasteiger partial charge < -0.3 is 4.74 Å². The zero-order chi connectivity index (χ0) is 11.5. The summed E-state index contributed by atoms with van der Waals surface area (Å²) < 4.78 is 50.8. The van der Waals surface area contributed by atoms with Crippen LogP contribution in [0.3, 0.4) is 0 Å². The SMILES string of the molecule is [CH2]CS(=O)(=O)c1ccccc1OC(F)F. The maximum atomic E-state index is 12.0. The quantitative estimate of drug-likeness (QED) is 0.800. The van der Waals surface area contributed by atoms with E-state index in [0.29, 0.717) is 0 Å². The minimum absolute atomic E-state index is 0.264. The lowest BCUT2D eigenvalue weighted by Crippen LogP contribution is -2.09. The number of rotatable bonds is 4. The Balaban J connectivity index is 3.18. The topological polar surface area (TPSA) is 43.4 Å². The van der Waals surface area contributed by atoms with Crippen LogP contribution >= 0.6 is 0 Å². The Labute approximate surface area is 86.6 Å². The molecule has 83 valence electrons. The molecule has 0 fully saturated rings. The van der Waals surface area contributed by atoms with E-state index in [4.69, 9.17) is 0 Å². The van der Waals surface area contributed by atoms with Gasteiger partial charge in [-0.3, -0.25) is 0 Å². The van der Waals surface area contributed by atoms with E-state index in [9.17, 15) is 17.2 Å². The van der Waals surface area contributed by atoms with Crippen LogP contribution in [0, 0.1) is 6.92 Å². The molecule has 0 heterocycles. The molecule has 0 atom stereocenters. The lowest BCUT2D eigenvalue weighted by atomic mass is 10.3. The van der Waals surface area contributed by atoms with Gasteiger partial charge in [0, 0.05) is 0 Å². The van der Waals surface area contributed by atoms with Gasteiger partial charge in [0.05, 0.1) is 5.75 Å². The number of hydrogen-bond acceptors (Lipinski definition) is 3. The van der Waals surface area contributed by atoms with Crippen molar-refractivity contribution in [1.29, 1.82) is 0 Å². The first kappa shape index (κ1) is 11.9. The summed E-state index contributed by atoms with van der Waals surface area (Å²) in [5, 5.41) is 0. The van der Waals surface area contributed by atoms with E-state index >= 15 is 0 Å². The molecule has 0 saturated carbocycles. The van der Waals surface area contributed by atoms with Crippen molar-refractivity contribution < 1.29 is 21.9 Å². The van der Waals surface area contributed by atoms with Gasteiger partial charge in [0.2, 0.25) is 0 Å². The number of ether oxygens (including phenoxy) is 1. The Bertz CT molecular complexity index is 429. The van der Waals surface area contributed by atoms with Crippen molar-refractivity contribution >= 4 is 9.84 Å². The Morgan fingerprint density at radius 3 is 2.47 bits per heavy atom. The Morgan fingerprint density at radius 2 is 1.93 bits per heavy atom. The van der Waals surface area contributed by atoms with Crippen LogP contribution in [0.2, 0.25) is 0 Å². The zero-order valence-electron chi connectivity index (χ0n) is 7.69. The molecule has 1 radical (unpaired) electrons. The first-order valence-electron chi connectivity index (χ1n) is 4.03. The molecule has 0 aromatic heterocycles. The predicted octanol–water partition coefficient (Wildman–Crippen LogP) is 1.90. The van der Waals surface area contributed by atoms with E-state index in [1.807, 2.05) is 0 Å². The Kier molecular flexibility index (Phi) is 3.62. The summed E-state index contributed by atoms with van der Waals surface area (Å²) >= 11 is 0. The predicted molar refractivity (Wildman–Crippen MR) is 50.5 cm³/mol. The lowest BCUT2D eigenvalue weighted by Gasteiger charge is -2.09. The molecule has 6 heteroatoms. The summed E-state index contributed by atoms with van der Waals surface area (Å²) in [4.78, 5) is -0.264. The highest BCUT2D eigenvalue weighted by Crippen LogP contribution is 2.25. The van der Waals surface area contributed by atoms with Crippen LogP contribution in [0.15, 0.2) is 29.2 Å². The molecular weight excluding hydrogens is 226 g/mol. The first-order valence-corrected chi connectivity index (χ1v) is 5.68. The van der Waals surface area contributed by atoms with Crippen molar-refractivity contribution in [2.24, 2.45) is 0 Å². The van der Waals surface area contributed by atoms with Crippen molar-refractivity contribution in [2.75, 3.05) is 5.75 Å². The molecule has 0 N–H and O–H groups in total. The molecule has 1 aromatic carbocycles. The second kappa shape index (κ2) is 4.57. The van der Waals surface area contributed by atoms with Gasteiger partial charge in [-0.25, -0.2) is 8.42 Å². The summed E-state index contributed by atoms with van der Waals surface area (Å²) in [5.74, 6) is -0.757. The van der Waals surface area contributed by atoms with Crippen LogP contribution in [-0.4, -0.2) is 20.8 Å². The summed E-state index contributed by atoms with van der Waals surface area (Å²) in [6.45, 7) is 0.173. The smallest absolute Gasteiger partial charge is 0.387 e. The molecule has 0 aliphatic carbocycles. The van der Waals surface area contributed by atoms with Gasteiger partial charge in [-0.1, -0.05) is 12.1 Å². The highest BCUT2D eigenvalue weighted by Gasteiger charge is 2.19. The van der Waals surface area contributed by atoms with Gasteiger partial charge in [0.15, 0.2) is 9.84 Å². The van der Waals surface area contributed by atoms with Crippen molar-refractivity contribution in [2.45, 2.75) is 11.5 Å². The largest absolute Gasteiger partial charge is 0.433 e. The molecular formula is C9H9F2O3S. The minimum atomic E-state index is -3.64. The highest BCUT2D eigenvalue weighted by molar-refractivity contribution is 7.91. The van der Waals surface area contributed by atoms with Crippen LogP contribution in [0.4, 0.5) is 8.78 Å². The molecule has 0 aliphatic heterocycles. The maximum Gasteiger partial charge on any atom is 0.387 e. The Hall–Kier alpha value is -1.17. The second-order valence-electron chi connectivity index (χ2n) is 2.64. The van der Waals surface area contributed by atoms with E-state index in [0.717, 1.165) is 0 Å². The molecule has 0 aliphatic rings. The van der Waals surface area contributed by atoms with E-state index in [-0.39, 0.29) is 10.6 Å². The average molecular weight is 235 g/mol. The molecule has 15 heavy (non-hydrogen) atoms. The lowest BCUT2D eigenvalue weighted by molar-refractivity contribution is -0.0517. The molecule has 0 unspecified atom stereocenters. The molecule has 1 aromatic rings. The highest BCUT2D eigenvalue weighted by atomic mass is 32.2. The van der Waals surface area contributed by atoms with Crippen molar-refractivity contribution in [3.8, 4) is 5.75 Å². The molecule has 0 bridgehead atoms. The van der Waals surface area contributed by atoms with Crippen LogP contribution in [-0.2, 0) is 9.84 Å². The van der Waals surface area contributed by atoms with Gasteiger partial charge in [0.1, 0.15) is 10.6 Å². The summed E-state index contributed by atoms with van der Waals surface area (Å²) in [6, 6.07) is 5.23. The summed E-state index contributed by atoms with van der Waals surface area (Å²) in [5.41, 5.74) is 0. The third kappa shape index (κ3) is 2.89. The molecule has 3 nitrogen and oxygen atoms in total. The van der Waals surface area contributed by atoms with Crippen LogP contribution < -0.4 is 4.74 Å². The van der Waals surface area contributed by atoms with Gasteiger partial charge in [-0.05, 0) is 19.1 Å². The van der Waals surface area contributed by atoms with Gasteiger partial charge in [-0.2, -0.15) is 8.78 Å². The number of benzene rings is 1. The van der Waals surface area contributed by atoms with Crippen LogP contribution in [0.1, 0.15) is 0 Å². The number of halogens is 2. The zero-order valence-corrected chi connectivity index (χ0v) is 8.51. The van der Waals surface area contributed by atoms with Crippen molar-refractivity contribution in [3.05, 3.63) is 31.2 Å². The fraction of sp³-hybridized carbons (Fsp3) is 0.222. The minimum Gasteiger partial charge on any atom is -0.433 e. The van der Waals surface area contributed by atoms with Gasteiger partial charge in [-0.15, -0.1) is 0 Å².